The summed E-state index contributed by atoms with van der Waals surface area (Å²) in [6.07, 6.45) is 0.838. The molecular formula is C30H27ClN6O4S2. The number of amides is 1. The van der Waals surface area contributed by atoms with E-state index in [0.717, 1.165) is 0 Å². The number of hydrogen-bond donors (Lipinski definition) is 2. The van der Waals surface area contributed by atoms with Crippen molar-refractivity contribution in [3.8, 4) is 6.07 Å². The van der Waals surface area contributed by atoms with Crippen molar-refractivity contribution in [1.29, 1.82) is 5.26 Å². The van der Waals surface area contributed by atoms with Crippen LogP contribution >= 0.6 is 34.7 Å². The topological polar surface area (TPSA) is 151 Å². The Hall–Kier alpha value is -4.18. The number of rotatable bonds is 7. The van der Waals surface area contributed by atoms with Gasteiger partial charge in [-0.1, -0.05) is 66.7 Å². The van der Waals surface area contributed by atoms with Crippen molar-refractivity contribution in [3.05, 3.63) is 87.3 Å². The first-order valence-electron chi connectivity index (χ1n) is 13.2. The second-order valence-corrected chi connectivity index (χ2v) is 13.3. The molecule has 0 saturated carbocycles. The third kappa shape index (κ3) is 6.15. The summed E-state index contributed by atoms with van der Waals surface area (Å²) in [7, 11) is 1.30. The number of allylic oxidation sites excluding steroid dienone is 3. The number of carbonyl (C=O) groups is 3. The molecule has 1 atom stereocenters. The maximum atomic E-state index is 13.7. The number of thioether (sulfide) groups is 1. The lowest BCUT2D eigenvalue weighted by molar-refractivity contribution is -0.118. The van der Waals surface area contributed by atoms with Crippen LogP contribution in [0.15, 0.2) is 75.5 Å². The quantitative estimate of drug-likeness (QED) is 0.246. The lowest BCUT2D eigenvalue weighted by Crippen LogP contribution is -2.42. The lowest BCUT2D eigenvalue weighted by atomic mass is 9.68. The highest BCUT2D eigenvalue weighted by Gasteiger charge is 2.45. The molecule has 220 valence electrons. The van der Waals surface area contributed by atoms with Crippen molar-refractivity contribution in [2.75, 3.05) is 23.1 Å². The normalized spacial score (nSPS) is 17.8. The molecule has 2 heterocycles. The number of anilines is 2. The van der Waals surface area contributed by atoms with E-state index in [-0.39, 0.29) is 34.3 Å². The minimum atomic E-state index is -0.694. The predicted octanol–water partition coefficient (Wildman–Crippen LogP) is 5.65. The third-order valence-corrected chi connectivity index (χ3v) is 9.49. The molecule has 3 N–H and O–H groups in total. The number of hydrogen-bond acceptors (Lipinski definition) is 11. The van der Waals surface area contributed by atoms with Crippen LogP contribution in [-0.2, 0) is 14.3 Å². The second kappa shape index (κ2) is 12.2. The number of carbonyl (C=O) groups excluding carboxylic acids is 3. The van der Waals surface area contributed by atoms with Gasteiger partial charge in [0.25, 0.3) is 0 Å². The number of benzene rings is 2. The summed E-state index contributed by atoms with van der Waals surface area (Å²) in [5.74, 6) is -1.29. The van der Waals surface area contributed by atoms with Gasteiger partial charge < -0.3 is 15.8 Å². The van der Waals surface area contributed by atoms with E-state index in [1.54, 1.807) is 41.3 Å². The largest absolute Gasteiger partial charge is 0.465 e. The van der Waals surface area contributed by atoms with Crippen LogP contribution < -0.4 is 16.0 Å². The number of nitrogens with zero attached hydrogens (tertiary/aromatic N) is 4. The highest BCUT2D eigenvalue weighted by atomic mass is 35.5. The zero-order valence-corrected chi connectivity index (χ0v) is 25.9. The molecule has 1 aliphatic carbocycles. The Bertz CT molecular complexity index is 1720. The molecule has 1 unspecified atom stereocenters. The van der Waals surface area contributed by atoms with E-state index in [4.69, 9.17) is 17.3 Å². The molecule has 43 heavy (non-hydrogen) atoms. The summed E-state index contributed by atoms with van der Waals surface area (Å²) >= 11 is 8.96. The van der Waals surface area contributed by atoms with Gasteiger partial charge in [-0.2, -0.15) is 5.26 Å². The number of nitrogens with one attached hydrogen (secondary N) is 1. The van der Waals surface area contributed by atoms with Gasteiger partial charge in [0.1, 0.15) is 5.82 Å². The number of nitriles is 1. The Balaban J connectivity index is 1.41. The van der Waals surface area contributed by atoms with Gasteiger partial charge in [0.05, 0.1) is 36.0 Å². The summed E-state index contributed by atoms with van der Waals surface area (Å²) in [5, 5.41) is 22.5. The molecule has 0 fully saturated rings. The first-order valence-corrected chi connectivity index (χ1v) is 15.4. The van der Waals surface area contributed by atoms with Crippen LogP contribution in [0.5, 0.6) is 0 Å². The molecule has 3 aromatic rings. The van der Waals surface area contributed by atoms with Crippen LogP contribution in [0, 0.1) is 16.7 Å². The van der Waals surface area contributed by atoms with E-state index >= 15 is 0 Å². The van der Waals surface area contributed by atoms with E-state index in [9.17, 15) is 19.6 Å². The molecule has 1 amide bonds. The Morgan fingerprint density at radius 1 is 1.21 bits per heavy atom. The summed E-state index contributed by atoms with van der Waals surface area (Å²) in [6, 6.07) is 15.7. The molecule has 1 aromatic heterocycles. The van der Waals surface area contributed by atoms with Gasteiger partial charge in [0.2, 0.25) is 11.0 Å². The first-order chi connectivity index (χ1) is 20.5. The van der Waals surface area contributed by atoms with Gasteiger partial charge in [0.15, 0.2) is 10.1 Å². The fourth-order valence-corrected chi connectivity index (χ4v) is 7.16. The number of nitrogens with two attached hydrogens (primary N) is 1. The highest BCUT2D eigenvalue weighted by Crippen LogP contribution is 2.51. The van der Waals surface area contributed by atoms with Gasteiger partial charge >= 0.3 is 5.97 Å². The summed E-state index contributed by atoms with van der Waals surface area (Å²) in [4.78, 5) is 39.6. The van der Waals surface area contributed by atoms with E-state index < -0.39 is 11.9 Å². The van der Waals surface area contributed by atoms with Crippen LogP contribution in [0.25, 0.3) is 0 Å². The molecule has 10 nitrogen and oxygen atoms in total. The van der Waals surface area contributed by atoms with Crippen molar-refractivity contribution in [3.63, 3.8) is 0 Å². The molecule has 0 spiro atoms. The first kappa shape index (κ1) is 30.3. The highest BCUT2D eigenvalue weighted by molar-refractivity contribution is 8.01. The Morgan fingerprint density at radius 2 is 1.93 bits per heavy atom. The smallest absolute Gasteiger partial charge is 0.337 e. The fraction of sp³-hybridized carbons (Fsp3) is 0.267. The molecule has 2 aromatic carbocycles. The van der Waals surface area contributed by atoms with Crippen LogP contribution in [0.2, 0.25) is 5.02 Å². The number of Topliss-reactive ketones (excluding diaryl/α,β-unsaturated/α-hetero) is 1. The van der Waals surface area contributed by atoms with Crippen molar-refractivity contribution >= 4 is 63.2 Å². The Morgan fingerprint density at radius 3 is 2.60 bits per heavy atom. The van der Waals surface area contributed by atoms with Gasteiger partial charge in [-0.3, -0.25) is 14.5 Å². The fourth-order valence-electron chi connectivity index (χ4n) is 5.23. The van der Waals surface area contributed by atoms with Gasteiger partial charge in [-0.15, -0.1) is 10.2 Å². The molecular weight excluding hydrogens is 608 g/mol. The Kier molecular flexibility index (Phi) is 8.59. The van der Waals surface area contributed by atoms with Gasteiger partial charge in [-0.25, -0.2) is 4.79 Å². The summed E-state index contributed by atoms with van der Waals surface area (Å²) in [5.41, 5.74) is 9.24. The number of esters is 1. The zero-order chi connectivity index (χ0) is 30.9. The van der Waals surface area contributed by atoms with Crippen molar-refractivity contribution in [2.24, 2.45) is 11.1 Å². The standard InChI is InChI=1S/C30H27ClN6O4S2/c1-30(2)12-21-25(22(38)13-30)24(18-6-4-5-7-20(18)31)19(14-32)26(33)37(21)28-35-36-29(43-28)42-15-23(39)34-17-10-8-16(9-11-17)27(40)41-3/h4-11,24H,12-13,15,33H2,1-3H3,(H,34,39). The molecule has 2 aliphatic rings. The maximum Gasteiger partial charge on any atom is 0.337 e. The average molecular weight is 635 g/mol. The van der Waals surface area contributed by atoms with Crippen molar-refractivity contribution in [1.82, 2.24) is 10.2 Å². The minimum absolute atomic E-state index is 0.0518. The van der Waals surface area contributed by atoms with Gasteiger partial charge in [0, 0.05) is 28.4 Å². The van der Waals surface area contributed by atoms with Crippen LogP contribution in [-0.4, -0.2) is 40.7 Å². The second-order valence-electron chi connectivity index (χ2n) is 10.8. The molecule has 0 bridgehead atoms. The zero-order valence-electron chi connectivity index (χ0n) is 23.5. The molecule has 13 heteroatoms. The Labute approximate surface area is 261 Å². The van der Waals surface area contributed by atoms with Crippen LogP contribution in [0.3, 0.4) is 0 Å². The number of halogens is 1. The van der Waals surface area contributed by atoms with E-state index in [1.807, 2.05) is 26.0 Å². The number of ketones is 1. The number of aromatic nitrogens is 2. The monoisotopic (exact) mass is 634 g/mol. The predicted molar refractivity (Wildman–Crippen MR) is 166 cm³/mol. The SMILES string of the molecule is COC(=O)c1ccc(NC(=O)CSc2nnc(N3C(N)=C(C#N)C(c4ccccc4Cl)C4=C3CC(C)(C)CC4=O)s2)cc1. The molecule has 0 radical (unpaired) electrons. The average Bonchev–Trinajstić information content (AvgIpc) is 3.43. The van der Waals surface area contributed by atoms with E-state index in [1.165, 1.54) is 30.2 Å². The van der Waals surface area contributed by atoms with Crippen molar-refractivity contribution in [2.45, 2.75) is 36.9 Å². The third-order valence-electron chi connectivity index (χ3n) is 7.10. The van der Waals surface area contributed by atoms with Gasteiger partial charge in [-0.05, 0) is 47.7 Å². The number of methoxy groups -OCH3 is 1. The molecule has 5 rings (SSSR count). The van der Waals surface area contributed by atoms with Crippen LogP contribution in [0.1, 0.15) is 48.5 Å². The maximum absolute atomic E-state index is 13.7. The van der Waals surface area contributed by atoms with E-state index in [2.05, 4.69) is 26.3 Å². The van der Waals surface area contributed by atoms with Crippen LogP contribution in [0.4, 0.5) is 10.8 Å². The lowest BCUT2D eigenvalue weighted by Gasteiger charge is -2.42. The minimum Gasteiger partial charge on any atom is -0.465 e. The molecule has 0 saturated heterocycles. The molecule has 1 aliphatic heterocycles. The number of ether oxygens (including phenoxy) is 1. The van der Waals surface area contributed by atoms with E-state index in [0.29, 0.717) is 55.4 Å². The summed E-state index contributed by atoms with van der Waals surface area (Å²) in [6.45, 7) is 4.03. The van der Waals surface area contributed by atoms with Crippen molar-refractivity contribution < 1.29 is 19.1 Å². The summed E-state index contributed by atoms with van der Waals surface area (Å²) < 4.78 is 5.20.